The largest absolute Gasteiger partial charge is 0.454 e. The molecule has 0 spiro atoms. The van der Waals surface area contributed by atoms with Gasteiger partial charge in [-0.05, 0) is 83.6 Å². The quantitative estimate of drug-likeness (QED) is 0.173. The molecule has 15 aromatic rings. The van der Waals surface area contributed by atoms with Crippen molar-refractivity contribution in [2.75, 3.05) is 0 Å². The van der Waals surface area contributed by atoms with Crippen LogP contribution in [0.25, 0.3) is 142 Å². The zero-order chi connectivity index (χ0) is 44.5. The number of fused-ring (bicyclic) bond motifs is 13. The molecule has 0 aliphatic rings. The van der Waals surface area contributed by atoms with Gasteiger partial charge in [0.15, 0.2) is 23.1 Å². The summed E-state index contributed by atoms with van der Waals surface area (Å²) in [5.41, 5.74) is 10.5. The Morgan fingerprint density at radius 3 is 1.76 bits per heavy atom. The Morgan fingerprint density at radius 1 is 0.368 bits per heavy atom. The second-order valence-electron chi connectivity index (χ2n) is 17.5. The van der Waals surface area contributed by atoms with Gasteiger partial charge in [0.2, 0.25) is 0 Å². The van der Waals surface area contributed by atoms with Crippen molar-refractivity contribution in [1.29, 1.82) is 0 Å². The zero-order valence-corrected chi connectivity index (χ0v) is 37.1. The van der Waals surface area contributed by atoms with E-state index in [4.69, 9.17) is 19.4 Å². The summed E-state index contributed by atoms with van der Waals surface area (Å²) in [6.07, 6.45) is 0. The molecule has 7 heteroatoms. The van der Waals surface area contributed by atoms with Crippen molar-refractivity contribution in [3.63, 3.8) is 0 Å². The molecule has 0 fully saturated rings. The molecule has 0 aliphatic heterocycles. The van der Waals surface area contributed by atoms with E-state index in [1.807, 2.05) is 6.07 Å². The molecule has 6 nitrogen and oxygen atoms in total. The third-order valence-corrected chi connectivity index (χ3v) is 15.0. The smallest absolute Gasteiger partial charge is 0.166 e. The van der Waals surface area contributed by atoms with Gasteiger partial charge in [0.05, 0.1) is 22.1 Å². The average molecular weight is 886 g/mol. The molecule has 0 amide bonds. The normalized spacial score (nSPS) is 12.1. The molecule has 5 aromatic heterocycles. The van der Waals surface area contributed by atoms with Gasteiger partial charge in [-0.2, -0.15) is 0 Å². The number of furan rings is 1. The molecule has 0 aliphatic carbocycles. The summed E-state index contributed by atoms with van der Waals surface area (Å²) in [5.74, 6) is 1.73. The van der Waals surface area contributed by atoms with E-state index in [2.05, 4.69) is 215 Å². The Balaban J connectivity index is 1.10. The second-order valence-corrected chi connectivity index (χ2v) is 18.5. The maximum atomic E-state index is 7.04. The topological polar surface area (TPSA) is 61.7 Å². The Morgan fingerprint density at radius 2 is 0.956 bits per heavy atom. The predicted octanol–water partition coefficient (Wildman–Crippen LogP) is 16.5. The van der Waals surface area contributed by atoms with Crippen LogP contribution < -0.4 is 0 Å². The van der Waals surface area contributed by atoms with Crippen molar-refractivity contribution in [2.45, 2.75) is 0 Å². The molecule has 316 valence electrons. The number of nitrogens with zero attached hydrogens (tertiary/aromatic N) is 5. The first-order chi connectivity index (χ1) is 33.7. The van der Waals surface area contributed by atoms with E-state index in [0.29, 0.717) is 17.5 Å². The lowest BCUT2D eigenvalue weighted by atomic mass is 10.0. The maximum Gasteiger partial charge on any atom is 0.166 e. The van der Waals surface area contributed by atoms with Gasteiger partial charge in [-0.3, -0.25) is 0 Å². The third-order valence-electron chi connectivity index (χ3n) is 13.8. The van der Waals surface area contributed by atoms with Crippen LogP contribution in [-0.2, 0) is 0 Å². The van der Waals surface area contributed by atoms with Crippen LogP contribution in [-0.4, -0.2) is 24.1 Å². The number of aromatic nitrogens is 5. The summed E-state index contributed by atoms with van der Waals surface area (Å²) in [6.45, 7) is 0. The van der Waals surface area contributed by atoms with Gasteiger partial charge in [-0.15, -0.1) is 11.3 Å². The van der Waals surface area contributed by atoms with Gasteiger partial charge >= 0.3 is 0 Å². The van der Waals surface area contributed by atoms with E-state index in [1.54, 1.807) is 11.3 Å². The van der Waals surface area contributed by atoms with E-state index in [9.17, 15) is 0 Å². The summed E-state index contributed by atoms with van der Waals surface area (Å²) in [5, 5.41) is 11.4. The molecule has 10 aromatic carbocycles. The number of hydrogen-bond donors (Lipinski definition) is 0. The number of benzene rings is 10. The Hall–Kier alpha value is -8.91. The summed E-state index contributed by atoms with van der Waals surface area (Å²) in [4.78, 5) is 16.8. The van der Waals surface area contributed by atoms with E-state index < -0.39 is 0 Å². The Labute approximate surface area is 392 Å². The highest BCUT2D eigenvalue weighted by atomic mass is 32.1. The van der Waals surface area contributed by atoms with Crippen LogP contribution in [0, 0.1) is 0 Å². The van der Waals surface area contributed by atoms with E-state index in [-0.39, 0.29) is 0 Å². The molecular weight excluding hydrogens is 851 g/mol. The van der Waals surface area contributed by atoms with Crippen LogP contribution in [0.3, 0.4) is 0 Å². The highest BCUT2D eigenvalue weighted by molar-refractivity contribution is 7.26. The van der Waals surface area contributed by atoms with E-state index in [0.717, 1.165) is 104 Å². The van der Waals surface area contributed by atoms with Crippen molar-refractivity contribution in [3.05, 3.63) is 212 Å². The van der Waals surface area contributed by atoms with Crippen molar-refractivity contribution < 1.29 is 4.42 Å². The Bertz CT molecular complexity index is 4580. The molecule has 0 atom stereocenters. The summed E-state index contributed by atoms with van der Waals surface area (Å²) in [7, 11) is 0. The lowest BCUT2D eigenvalue weighted by molar-refractivity contribution is 0.666. The first-order valence-electron chi connectivity index (χ1n) is 22.9. The monoisotopic (exact) mass is 885 g/mol. The van der Waals surface area contributed by atoms with Crippen molar-refractivity contribution in [2.24, 2.45) is 0 Å². The first-order valence-corrected chi connectivity index (χ1v) is 23.7. The van der Waals surface area contributed by atoms with Crippen LogP contribution in [0.5, 0.6) is 0 Å². The summed E-state index contributed by atoms with van der Waals surface area (Å²) in [6, 6.07) is 75.4. The molecule has 15 rings (SSSR count). The van der Waals surface area contributed by atoms with Gasteiger partial charge in [-0.25, -0.2) is 15.0 Å². The average Bonchev–Trinajstić information content (AvgIpc) is 4.16. The number of rotatable bonds is 5. The standard InChI is InChI=1S/C61H35N5OS/c1-2-18-38(19-3-1)65-50-28-10-6-20-39(50)43-24-14-26-46(55(43)65)59-62-60(64-61(63-59)48-27-15-25-45-42-23-9-13-31-54(42)68-58(45)48)47-33-32-44-41-22-8-12-30-53(41)67-57(44)56(47)66-51-29-11-7-21-40(51)49-34-36-16-4-5-17-37(36)35-52(49)66/h1-35H. The van der Waals surface area contributed by atoms with Gasteiger partial charge < -0.3 is 13.6 Å². The van der Waals surface area contributed by atoms with Crippen LogP contribution in [0.1, 0.15) is 0 Å². The zero-order valence-electron chi connectivity index (χ0n) is 36.3. The number of hydrogen-bond acceptors (Lipinski definition) is 5. The van der Waals surface area contributed by atoms with Crippen molar-refractivity contribution in [1.82, 2.24) is 24.1 Å². The lowest BCUT2D eigenvalue weighted by Gasteiger charge is -2.16. The lowest BCUT2D eigenvalue weighted by Crippen LogP contribution is -2.05. The number of thiophene rings is 1. The Kier molecular flexibility index (Phi) is 7.85. The fraction of sp³-hybridized carbons (Fsp3) is 0. The predicted molar refractivity (Wildman–Crippen MR) is 282 cm³/mol. The molecule has 0 saturated carbocycles. The van der Waals surface area contributed by atoms with Crippen LogP contribution in [0.2, 0.25) is 0 Å². The van der Waals surface area contributed by atoms with Gasteiger partial charge in [0, 0.05) is 74.9 Å². The van der Waals surface area contributed by atoms with Gasteiger partial charge in [-0.1, -0.05) is 140 Å². The minimum atomic E-state index is 0.548. The maximum absolute atomic E-state index is 7.04. The molecule has 68 heavy (non-hydrogen) atoms. The minimum absolute atomic E-state index is 0.548. The highest BCUT2D eigenvalue weighted by Crippen LogP contribution is 2.46. The van der Waals surface area contributed by atoms with E-state index >= 15 is 0 Å². The van der Waals surface area contributed by atoms with Crippen LogP contribution in [0.15, 0.2) is 217 Å². The van der Waals surface area contributed by atoms with Gasteiger partial charge in [0.1, 0.15) is 11.3 Å². The third kappa shape index (κ3) is 5.36. The van der Waals surface area contributed by atoms with Crippen molar-refractivity contribution >= 4 is 108 Å². The molecule has 5 heterocycles. The highest BCUT2D eigenvalue weighted by Gasteiger charge is 2.26. The molecule has 0 N–H and O–H groups in total. The molecule has 0 bridgehead atoms. The fourth-order valence-corrected chi connectivity index (χ4v) is 12.0. The second kappa shape index (κ2) is 14.3. The van der Waals surface area contributed by atoms with Crippen LogP contribution in [0.4, 0.5) is 0 Å². The molecular formula is C61H35N5OS. The molecule has 0 unspecified atom stereocenters. The SMILES string of the molecule is c1ccc(-n2c3ccccc3c3cccc(-c4nc(-c5ccc6c(oc7ccccc76)c5-n5c6ccccc6c6cc7ccccc7cc65)nc(-c5cccc6c5sc5ccccc56)n4)c32)cc1. The van der Waals surface area contributed by atoms with Gasteiger partial charge in [0.25, 0.3) is 0 Å². The fourth-order valence-electron chi connectivity index (χ4n) is 10.8. The van der Waals surface area contributed by atoms with Crippen molar-refractivity contribution in [3.8, 4) is 45.5 Å². The van der Waals surface area contributed by atoms with Crippen LogP contribution >= 0.6 is 11.3 Å². The summed E-state index contributed by atoms with van der Waals surface area (Å²) >= 11 is 1.78. The summed E-state index contributed by atoms with van der Waals surface area (Å²) < 4.78 is 14.1. The molecule has 0 radical (unpaired) electrons. The minimum Gasteiger partial charge on any atom is -0.454 e. The molecule has 0 saturated heterocycles. The van der Waals surface area contributed by atoms with E-state index in [1.165, 1.54) is 20.9 Å². The number of para-hydroxylation sites is 5. The first kappa shape index (κ1) is 37.3.